The van der Waals surface area contributed by atoms with Crippen LogP contribution in [0.15, 0.2) is 0 Å². The van der Waals surface area contributed by atoms with E-state index >= 15 is 0 Å². The van der Waals surface area contributed by atoms with E-state index in [-0.39, 0.29) is 0 Å². The highest BCUT2D eigenvalue weighted by atomic mass is 31.1. The normalized spacial score (nSPS) is 38.6. The van der Waals surface area contributed by atoms with Crippen LogP contribution in [-0.2, 0) is 0 Å². The van der Waals surface area contributed by atoms with Gasteiger partial charge in [0.15, 0.2) is 0 Å². The minimum absolute atomic E-state index is 0.409. The molecule has 0 aromatic rings. The molecule has 4 rings (SSSR count). The third-order valence-electron chi connectivity index (χ3n) is 7.31. The fourth-order valence-corrected chi connectivity index (χ4v) is 12.5. The zero-order valence-electron chi connectivity index (χ0n) is 15.0. The van der Waals surface area contributed by atoms with Gasteiger partial charge >= 0.3 is 0 Å². The molecule has 2 aliphatic carbocycles. The first-order valence-corrected chi connectivity index (χ1v) is 14.3. The molecular weight excluding hydrogens is 316 g/mol. The van der Waals surface area contributed by atoms with Crippen molar-refractivity contribution in [1.82, 2.24) is 5.32 Å². The SMILES string of the molecule is C1CC[C@H]2CP(CCNCCP3C[C@@H]4CCCC[C@H]4C3)C[C@@H]2C1. The van der Waals surface area contributed by atoms with E-state index in [1.165, 1.54) is 51.1 Å². The van der Waals surface area contributed by atoms with E-state index in [0.717, 1.165) is 23.7 Å². The third-order valence-corrected chi connectivity index (χ3v) is 13.0. The first-order valence-electron chi connectivity index (χ1n) is 10.5. The third kappa shape index (κ3) is 4.51. The van der Waals surface area contributed by atoms with Crippen molar-refractivity contribution in [3.63, 3.8) is 0 Å². The van der Waals surface area contributed by atoms with Gasteiger partial charge in [-0.05, 0) is 99.4 Å². The molecule has 0 aromatic carbocycles. The molecule has 2 saturated heterocycles. The predicted molar refractivity (Wildman–Crippen MR) is 107 cm³/mol. The zero-order valence-corrected chi connectivity index (χ0v) is 16.8. The van der Waals surface area contributed by atoms with Gasteiger partial charge in [-0.2, -0.15) is 0 Å². The standard InChI is InChI=1S/C20H37NP2/c1-2-6-18-14-22(13-17(18)5-1)11-9-21-10-12-23-15-19-7-3-4-8-20(19)16-23/h17-21H,1-16H2/t17-,18-,19-,20-/m0/s1. The maximum absolute atomic E-state index is 3.83. The maximum atomic E-state index is 3.83. The second kappa shape index (κ2) is 8.47. The summed E-state index contributed by atoms with van der Waals surface area (Å²) in [5.41, 5.74) is 0. The van der Waals surface area contributed by atoms with Crippen LogP contribution in [0.4, 0.5) is 0 Å². The van der Waals surface area contributed by atoms with Crippen LogP contribution in [0, 0.1) is 23.7 Å². The summed E-state index contributed by atoms with van der Waals surface area (Å²) in [6.45, 7) is 2.67. The lowest BCUT2D eigenvalue weighted by molar-refractivity contribution is 0.299. The Kier molecular flexibility index (Phi) is 6.35. The lowest BCUT2D eigenvalue weighted by Gasteiger charge is -2.23. The molecule has 2 heterocycles. The van der Waals surface area contributed by atoms with Crippen LogP contribution in [0.25, 0.3) is 0 Å². The van der Waals surface area contributed by atoms with Gasteiger partial charge in [0.2, 0.25) is 0 Å². The fourth-order valence-electron chi connectivity index (χ4n) is 5.97. The van der Waals surface area contributed by atoms with Crippen LogP contribution in [0.3, 0.4) is 0 Å². The van der Waals surface area contributed by atoms with Crippen molar-refractivity contribution in [3.05, 3.63) is 0 Å². The smallest absolute Gasteiger partial charge is 0.000935 e. The summed E-state index contributed by atoms with van der Waals surface area (Å²) < 4.78 is 0. The minimum atomic E-state index is 0.409. The van der Waals surface area contributed by atoms with Crippen molar-refractivity contribution >= 4 is 15.8 Å². The van der Waals surface area contributed by atoms with Gasteiger partial charge in [0.05, 0.1) is 0 Å². The molecule has 4 fully saturated rings. The highest BCUT2D eigenvalue weighted by molar-refractivity contribution is 7.58. The van der Waals surface area contributed by atoms with Crippen molar-refractivity contribution in [1.29, 1.82) is 0 Å². The van der Waals surface area contributed by atoms with Gasteiger partial charge in [0.25, 0.3) is 0 Å². The second-order valence-corrected chi connectivity index (χ2v) is 13.9. The minimum Gasteiger partial charge on any atom is -0.316 e. The van der Waals surface area contributed by atoms with Gasteiger partial charge in [0, 0.05) is 0 Å². The summed E-state index contributed by atoms with van der Waals surface area (Å²) in [6, 6.07) is 0. The Morgan fingerprint density at radius 2 is 0.913 bits per heavy atom. The van der Waals surface area contributed by atoms with E-state index < -0.39 is 0 Å². The lowest BCUT2D eigenvalue weighted by Crippen LogP contribution is -2.21. The molecule has 2 aliphatic heterocycles. The number of hydrogen-bond acceptors (Lipinski definition) is 1. The Hall–Kier alpha value is 0.820. The largest absolute Gasteiger partial charge is 0.316 e. The maximum Gasteiger partial charge on any atom is -0.000935 e. The monoisotopic (exact) mass is 353 g/mol. The predicted octanol–water partition coefficient (Wildman–Crippen LogP) is 5.18. The van der Waals surface area contributed by atoms with Crippen LogP contribution in [0.2, 0.25) is 0 Å². The van der Waals surface area contributed by atoms with Crippen molar-refractivity contribution in [3.8, 4) is 0 Å². The van der Waals surface area contributed by atoms with Crippen LogP contribution in [0.5, 0.6) is 0 Å². The van der Waals surface area contributed by atoms with Crippen LogP contribution < -0.4 is 5.32 Å². The van der Waals surface area contributed by atoms with Crippen LogP contribution >= 0.6 is 15.8 Å². The summed E-state index contributed by atoms with van der Waals surface area (Å²) >= 11 is 0. The molecule has 23 heavy (non-hydrogen) atoms. The highest BCUT2D eigenvalue weighted by Gasteiger charge is 2.35. The molecule has 1 N–H and O–H groups in total. The number of rotatable bonds is 6. The van der Waals surface area contributed by atoms with Gasteiger partial charge in [-0.15, -0.1) is 15.8 Å². The molecule has 132 valence electrons. The number of hydrogen-bond donors (Lipinski definition) is 1. The second-order valence-electron chi connectivity index (χ2n) is 8.88. The molecule has 0 radical (unpaired) electrons. The van der Waals surface area contributed by atoms with Crippen LogP contribution in [-0.4, -0.2) is 50.1 Å². The molecule has 3 heteroatoms. The molecule has 0 unspecified atom stereocenters. The Morgan fingerprint density at radius 1 is 0.565 bits per heavy atom. The molecule has 1 nitrogen and oxygen atoms in total. The molecular formula is C20H37NP2. The molecule has 4 aliphatic rings. The van der Waals surface area contributed by atoms with E-state index in [4.69, 9.17) is 0 Å². The Morgan fingerprint density at radius 3 is 1.26 bits per heavy atom. The molecule has 0 aromatic heterocycles. The fraction of sp³-hybridized carbons (Fsp3) is 1.00. The van der Waals surface area contributed by atoms with E-state index in [9.17, 15) is 0 Å². The summed E-state index contributed by atoms with van der Waals surface area (Å²) in [5, 5.41) is 3.83. The quantitative estimate of drug-likeness (QED) is 0.512. The number of fused-ring (bicyclic) bond motifs is 2. The molecule has 0 amide bonds. The van der Waals surface area contributed by atoms with E-state index in [1.54, 1.807) is 50.3 Å². The lowest BCUT2D eigenvalue weighted by atomic mass is 9.82. The molecule has 0 bridgehead atoms. The van der Waals surface area contributed by atoms with Gasteiger partial charge in [-0.25, -0.2) is 0 Å². The number of nitrogens with one attached hydrogen (secondary N) is 1. The highest BCUT2D eigenvalue weighted by Crippen LogP contribution is 2.54. The van der Waals surface area contributed by atoms with E-state index in [1.807, 2.05) is 0 Å². The zero-order chi connectivity index (χ0) is 15.5. The Bertz CT molecular complexity index is 313. The summed E-state index contributed by atoms with van der Waals surface area (Å²) in [4.78, 5) is 0. The van der Waals surface area contributed by atoms with Gasteiger partial charge in [-0.3, -0.25) is 0 Å². The average molecular weight is 353 g/mol. The molecule has 4 atom stereocenters. The van der Waals surface area contributed by atoms with Gasteiger partial charge < -0.3 is 5.32 Å². The van der Waals surface area contributed by atoms with Crippen molar-refractivity contribution in [2.24, 2.45) is 23.7 Å². The summed E-state index contributed by atoms with van der Waals surface area (Å²) in [7, 11) is 0.818. The average Bonchev–Trinajstić information content (AvgIpc) is 3.17. The topological polar surface area (TPSA) is 12.0 Å². The molecule has 2 saturated carbocycles. The van der Waals surface area contributed by atoms with Crippen molar-refractivity contribution < 1.29 is 0 Å². The summed E-state index contributed by atoms with van der Waals surface area (Å²) in [5.74, 6) is 4.61. The summed E-state index contributed by atoms with van der Waals surface area (Å²) in [6.07, 6.45) is 22.0. The van der Waals surface area contributed by atoms with Gasteiger partial charge in [-0.1, -0.05) is 25.7 Å². The van der Waals surface area contributed by atoms with Crippen LogP contribution in [0.1, 0.15) is 51.4 Å². The molecule has 0 spiro atoms. The van der Waals surface area contributed by atoms with Crippen molar-refractivity contribution in [2.45, 2.75) is 51.4 Å². The van der Waals surface area contributed by atoms with Crippen molar-refractivity contribution in [2.75, 3.05) is 50.1 Å². The van der Waals surface area contributed by atoms with E-state index in [2.05, 4.69) is 5.32 Å². The van der Waals surface area contributed by atoms with E-state index in [0.29, 0.717) is 15.8 Å². The Labute approximate surface area is 146 Å². The van der Waals surface area contributed by atoms with Gasteiger partial charge in [0.1, 0.15) is 0 Å². The first-order chi connectivity index (χ1) is 11.4. The first kappa shape index (κ1) is 17.2. The Balaban J connectivity index is 1.07.